The van der Waals surface area contributed by atoms with Gasteiger partial charge in [-0.3, -0.25) is 14.2 Å². The highest BCUT2D eigenvalue weighted by Gasteiger charge is 2.30. The maximum atomic E-state index is 13.1. The lowest BCUT2D eigenvalue weighted by Crippen LogP contribution is -2.34. The lowest BCUT2D eigenvalue weighted by Gasteiger charge is -2.21. The van der Waals surface area contributed by atoms with Crippen molar-refractivity contribution in [2.45, 2.75) is 31.5 Å². The first-order chi connectivity index (χ1) is 13.5. The van der Waals surface area contributed by atoms with E-state index in [4.69, 9.17) is 11.6 Å². The first-order valence-corrected chi connectivity index (χ1v) is 10.6. The molecule has 1 atom stereocenters. The van der Waals surface area contributed by atoms with Crippen molar-refractivity contribution in [2.24, 2.45) is 0 Å². The maximum absolute atomic E-state index is 13.1. The van der Waals surface area contributed by atoms with Crippen molar-refractivity contribution in [3.8, 4) is 5.69 Å². The molecular formula is C19H20ClN5O2S. The molecule has 1 aliphatic rings. The Morgan fingerprint density at radius 2 is 2.14 bits per heavy atom. The van der Waals surface area contributed by atoms with Gasteiger partial charge < -0.3 is 4.90 Å². The van der Waals surface area contributed by atoms with Crippen molar-refractivity contribution in [2.75, 3.05) is 18.8 Å². The van der Waals surface area contributed by atoms with Crippen LogP contribution in [0.5, 0.6) is 0 Å². The molecule has 2 aromatic heterocycles. The van der Waals surface area contributed by atoms with Crippen LogP contribution in [0.3, 0.4) is 0 Å². The summed E-state index contributed by atoms with van der Waals surface area (Å²) in [6.45, 7) is 5.25. The van der Waals surface area contributed by atoms with Gasteiger partial charge >= 0.3 is 0 Å². The molecule has 1 amide bonds. The molecule has 1 aliphatic heterocycles. The van der Waals surface area contributed by atoms with Gasteiger partial charge in [0.2, 0.25) is 5.91 Å². The Bertz CT molecular complexity index is 1110. The van der Waals surface area contributed by atoms with E-state index in [1.165, 1.54) is 18.0 Å². The van der Waals surface area contributed by atoms with E-state index in [9.17, 15) is 9.59 Å². The summed E-state index contributed by atoms with van der Waals surface area (Å²) in [5.41, 5.74) is 1.09. The van der Waals surface area contributed by atoms with Crippen molar-refractivity contribution >= 4 is 40.3 Å². The third-order valence-electron chi connectivity index (χ3n) is 4.95. The number of carbonyl (C=O) groups excluding carboxylic acids is 1. The lowest BCUT2D eigenvalue weighted by molar-refractivity contribution is -0.131. The smallest absolute Gasteiger partial charge is 0.265 e. The Labute approximate surface area is 171 Å². The number of fused-ring (bicyclic) bond motifs is 2. The van der Waals surface area contributed by atoms with Crippen LogP contribution >= 0.6 is 23.4 Å². The van der Waals surface area contributed by atoms with Crippen LogP contribution in [-0.2, 0) is 4.79 Å². The second kappa shape index (κ2) is 7.60. The van der Waals surface area contributed by atoms with Gasteiger partial charge in [0.05, 0.1) is 17.9 Å². The van der Waals surface area contributed by atoms with E-state index < -0.39 is 0 Å². The molecular weight excluding hydrogens is 398 g/mol. The molecule has 9 heteroatoms. The molecule has 0 saturated heterocycles. The van der Waals surface area contributed by atoms with Gasteiger partial charge in [0.1, 0.15) is 5.39 Å². The van der Waals surface area contributed by atoms with Gasteiger partial charge in [0.15, 0.2) is 10.8 Å². The van der Waals surface area contributed by atoms with Crippen LogP contribution in [0, 0.1) is 0 Å². The fourth-order valence-electron chi connectivity index (χ4n) is 3.48. The minimum Gasteiger partial charge on any atom is -0.343 e. The summed E-state index contributed by atoms with van der Waals surface area (Å²) in [7, 11) is 0. The highest BCUT2D eigenvalue weighted by molar-refractivity contribution is 7.99. The lowest BCUT2D eigenvalue weighted by atomic mass is 10.2. The number of hydrogen-bond donors (Lipinski definition) is 0. The number of nitrogens with zero attached hydrogens (tertiary/aromatic N) is 5. The molecule has 4 rings (SSSR count). The monoisotopic (exact) mass is 417 g/mol. The average Bonchev–Trinajstić information content (AvgIpc) is 3.28. The molecule has 0 fully saturated rings. The fourth-order valence-corrected chi connectivity index (χ4v) is 4.80. The molecule has 146 valence electrons. The van der Waals surface area contributed by atoms with E-state index in [0.717, 1.165) is 5.69 Å². The first-order valence-electron chi connectivity index (χ1n) is 9.20. The number of halogens is 1. The van der Waals surface area contributed by atoms with Crippen molar-refractivity contribution in [1.29, 1.82) is 0 Å². The van der Waals surface area contributed by atoms with E-state index in [0.29, 0.717) is 46.5 Å². The summed E-state index contributed by atoms with van der Waals surface area (Å²) < 4.78 is 3.27. The molecule has 1 unspecified atom stereocenters. The Hall–Kier alpha value is -2.32. The van der Waals surface area contributed by atoms with Crippen LogP contribution in [0.2, 0.25) is 5.02 Å². The number of amides is 1. The van der Waals surface area contributed by atoms with Crippen LogP contribution in [0.25, 0.3) is 16.7 Å². The Morgan fingerprint density at radius 1 is 1.36 bits per heavy atom. The largest absolute Gasteiger partial charge is 0.343 e. The van der Waals surface area contributed by atoms with Gasteiger partial charge in [-0.2, -0.15) is 5.10 Å². The minimum atomic E-state index is -0.188. The van der Waals surface area contributed by atoms with Crippen molar-refractivity contribution < 1.29 is 4.79 Å². The molecule has 0 spiro atoms. The van der Waals surface area contributed by atoms with E-state index in [2.05, 4.69) is 10.1 Å². The highest BCUT2D eigenvalue weighted by Crippen LogP contribution is 2.33. The summed E-state index contributed by atoms with van der Waals surface area (Å²) >= 11 is 7.59. The van der Waals surface area contributed by atoms with E-state index in [-0.39, 0.29) is 17.5 Å². The molecule has 28 heavy (non-hydrogen) atoms. The number of carbonyl (C=O) groups is 1. The zero-order valence-corrected chi connectivity index (χ0v) is 17.2. The van der Waals surface area contributed by atoms with Crippen LogP contribution in [0.15, 0.2) is 40.4 Å². The predicted octanol–water partition coefficient (Wildman–Crippen LogP) is 3.14. The standard InChI is InChI=1S/C19H20ClN5O2S/c1-3-23(4-2)16(26)9-14-11-28-19-22-17-15(18(27)24(14)19)10-21-25(17)13-7-5-6-12(20)8-13/h5-8,10,14H,3-4,9,11H2,1-2H3. The summed E-state index contributed by atoms with van der Waals surface area (Å²) in [5, 5.41) is 5.99. The predicted molar refractivity (Wildman–Crippen MR) is 110 cm³/mol. The third kappa shape index (κ3) is 3.20. The fraction of sp³-hybridized carbons (Fsp3) is 0.368. The van der Waals surface area contributed by atoms with Crippen molar-refractivity contribution in [1.82, 2.24) is 24.2 Å². The molecule has 7 nitrogen and oxygen atoms in total. The van der Waals surface area contributed by atoms with Gasteiger partial charge in [-0.1, -0.05) is 29.4 Å². The summed E-state index contributed by atoms with van der Waals surface area (Å²) in [6, 6.07) is 7.06. The van der Waals surface area contributed by atoms with Gasteiger partial charge in [-0.25, -0.2) is 9.67 Å². The zero-order chi connectivity index (χ0) is 19.8. The number of hydrogen-bond acceptors (Lipinski definition) is 5. The SMILES string of the molecule is CCN(CC)C(=O)CC1CSc2nc3c(cnn3-c3cccc(Cl)c3)c(=O)n21. The Balaban J connectivity index is 1.74. The topological polar surface area (TPSA) is 73.0 Å². The normalized spacial score (nSPS) is 15.8. The summed E-state index contributed by atoms with van der Waals surface area (Å²) in [5.74, 6) is 0.719. The maximum Gasteiger partial charge on any atom is 0.265 e. The second-order valence-electron chi connectivity index (χ2n) is 6.58. The summed E-state index contributed by atoms with van der Waals surface area (Å²) in [6.07, 6.45) is 1.84. The molecule has 0 N–H and O–H groups in total. The van der Waals surface area contributed by atoms with Crippen LogP contribution < -0.4 is 5.56 Å². The number of aromatic nitrogens is 4. The molecule has 0 aliphatic carbocycles. The molecule has 0 radical (unpaired) electrons. The van der Waals surface area contributed by atoms with Gasteiger partial charge in [0, 0.05) is 30.3 Å². The summed E-state index contributed by atoms with van der Waals surface area (Å²) in [4.78, 5) is 32.1. The highest BCUT2D eigenvalue weighted by atomic mass is 35.5. The van der Waals surface area contributed by atoms with Crippen LogP contribution in [0.1, 0.15) is 26.3 Å². The average molecular weight is 418 g/mol. The molecule has 3 aromatic rings. The quantitative estimate of drug-likeness (QED) is 0.596. The van der Waals surface area contributed by atoms with E-state index >= 15 is 0 Å². The van der Waals surface area contributed by atoms with E-state index in [1.807, 2.05) is 26.0 Å². The third-order valence-corrected chi connectivity index (χ3v) is 6.28. The first kappa shape index (κ1) is 19.0. The van der Waals surface area contributed by atoms with Crippen LogP contribution in [0.4, 0.5) is 0 Å². The number of rotatable bonds is 5. The number of benzene rings is 1. The molecule has 0 bridgehead atoms. The van der Waals surface area contributed by atoms with Crippen molar-refractivity contribution in [3.05, 3.63) is 45.8 Å². The van der Waals surface area contributed by atoms with Crippen molar-refractivity contribution in [3.63, 3.8) is 0 Å². The number of thioether (sulfide) groups is 1. The molecule has 3 heterocycles. The van der Waals surface area contributed by atoms with Gasteiger partial charge in [-0.05, 0) is 32.0 Å². The minimum absolute atomic E-state index is 0.0602. The van der Waals surface area contributed by atoms with Gasteiger partial charge in [-0.15, -0.1) is 0 Å². The van der Waals surface area contributed by atoms with E-state index in [1.54, 1.807) is 26.3 Å². The van der Waals surface area contributed by atoms with Crippen LogP contribution in [-0.4, -0.2) is 49.0 Å². The molecule has 1 aromatic carbocycles. The Morgan fingerprint density at radius 3 is 2.86 bits per heavy atom. The Kier molecular flexibility index (Phi) is 5.16. The molecule has 0 saturated carbocycles. The van der Waals surface area contributed by atoms with Gasteiger partial charge in [0.25, 0.3) is 5.56 Å². The zero-order valence-electron chi connectivity index (χ0n) is 15.6. The second-order valence-corrected chi connectivity index (χ2v) is 8.00.